The molecule has 0 spiro atoms. The second-order valence-corrected chi connectivity index (χ2v) is 8.30. The molecular weight excluding hydrogens is 476 g/mol. The van der Waals surface area contributed by atoms with Crippen LogP contribution < -0.4 is 10.1 Å². The van der Waals surface area contributed by atoms with Crippen molar-refractivity contribution < 1.29 is 31.9 Å². The number of hydrogen-bond acceptors (Lipinski definition) is 3. The van der Waals surface area contributed by atoms with Gasteiger partial charge >= 0.3 is 6.18 Å². The number of benzene rings is 3. The Morgan fingerprint density at radius 1 is 0.972 bits per heavy atom. The van der Waals surface area contributed by atoms with Crippen molar-refractivity contribution in [1.82, 2.24) is 4.90 Å². The molecule has 0 unspecified atom stereocenters. The van der Waals surface area contributed by atoms with E-state index in [4.69, 9.17) is 4.74 Å². The molecule has 5 nitrogen and oxygen atoms in total. The highest BCUT2D eigenvalue weighted by Crippen LogP contribution is 2.33. The monoisotopic (exact) mass is 502 g/mol. The number of carbonyl (C=O) groups excluding carboxylic acids is 2. The molecule has 0 heterocycles. The molecule has 0 saturated carbocycles. The summed E-state index contributed by atoms with van der Waals surface area (Å²) in [6, 6.07) is 13.0. The van der Waals surface area contributed by atoms with Crippen molar-refractivity contribution in [1.29, 1.82) is 0 Å². The zero-order valence-corrected chi connectivity index (χ0v) is 20.1. The van der Waals surface area contributed by atoms with Crippen molar-refractivity contribution in [2.45, 2.75) is 25.9 Å². The lowest BCUT2D eigenvalue weighted by molar-refractivity contribution is -0.137. The average Bonchev–Trinajstić information content (AvgIpc) is 2.84. The Bertz CT molecular complexity index is 1240. The third-order valence-corrected chi connectivity index (χ3v) is 5.41. The maximum atomic E-state index is 14.8. The normalized spacial score (nSPS) is 11.2. The van der Waals surface area contributed by atoms with Gasteiger partial charge in [-0.05, 0) is 41.8 Å². The molecule has 0 bridgehead atoms. The van der Waals surface area contributed by atoms with E-state index in [1.165, 1.54) is 43.3 Å². The van der Waals surface area contributed by atoms with Crippen LogP contribution in [-0.4, -0.2) is 37.4 Å². The first-order valence-corrected chi connectivity index (χ1v) is 11.3. The minimum Gasteiger partial charge on any atom is -0.490 e. The van der Waals surface area contributed by atoms with E-state index in [-0.39, 0.29) is 29.2 Å². The highest BCUT2D eigenvalue weighted by atomic mass is 19.4. The maximum Gasteiger partial charge on any atom is 0.416 e. The molecule has 0 aliphatic heterocycles. The van der Waals surface area contributed by atoms with Crippen LogP contribution in [0.1, 0.15) is 46.0 Å². The van der Waals surface area contributed by atoms with E-state index < -0.39 is 29.4 Å². The van der Waals surface area contributed by atoms with E-state index in [1.54, 1.807) is 18.2 Å². The summed E-state index contributed by atoms with van der Waals surface area (Å²) in [5.74, 6) is -1.97. The molecule has 190 valence electrons. The van der Waals surface area contributed by atoms with Crippen molar-refractivity contribution in [3.05, 3.63) is 83.2 Å². The first-order valence-electron chi connectivity index (χ1n) is 11.3. The van der Waals surface area contributed by atoms with Crippen LogP contribution in [0.2, 0.25) is 0 Å². The number of unbranched alkanes of at least 4 members (excludes halogenated alkanes) is 1. The van der Waals surface area contributed by atoms with Crippen LogP contribution in [0.25, 0.3) is 11.1 Å². The maximum absolute atomic E-state index is 14.8. The minimum absolute atomic E-state index is 0.0354. The van der Waals surface area contributed by atoms with Gasteiger partial charge in [0.15, 0.2) is 11.6 Å². The summed E-state index contributed by atoms with van der Waals surface area (Å²) in [7, 11) is 3.05. The minimum atomic E-state index is -4.48. The fourth-order valence-corrected chi connectivity index (χ4v) is 3.47. The Morgan fingerprint density at radius 3 is 2.25 bits per heavy atom. The number of anilines is 1. The van der Waals surface area contributed by atoms with Crippen LogP contribution >= 0.6 is 0 Å². The van der Waals surface area contributed by atoms with Gasteiger partial charge in [0, 0.05) is 25.7 Å². The summed E-state index contributed by atoms with van der Waals surface area (Å²) in [6.45, 7) is 2.23. The largest absolute Gasteiger partial charge is 0.490 e. The SMILES string of the molecule is CCCCOc1cc(C(=O)N(C)C)c(NC(=O)c2ccccc2-c2ccc(C(F)(F)F)cc2)cc1F. The van der Waals surface area contributed by atoms with Crippen LogP contribution in [0.3, 0.4) is 0 Å². The number of nitrogens with zero attached hydrogens (tertiary/aromatic N) is 1. The molecule has 0 aliphatic rings. The number of ether oxygens (including phenoxy) is 1. The third-order valence-electron chi connectivity index (χ3n) is 5.41. The van der Waals surface area contributed by atoms with Gasteiger partial charge in [0.1, 0.15) is 0 Å². The van der Waals surface area contributed by atoms with E-state index in [0.717, 1.165) is 24.6 Å². The second-order valence-electron chi connectivity index (χ2n) is 8.30. The molecule has 3 aromatic carbocycles. The Morgan fingerprint density at radius 2 is 1.64 bits per heavy atom. The molecule has 0 atom stereocenters. The number of hydrogen-bond donors (Lipinski definition) is 1. The van der Waals surface area contributed by atoms with Gasteiger partial charge in [-0.3, -0.25) is 9.59 Å². The number of nitrogens with one attached hydrogen (secondary N) is 1. The zero-order chi connectivity index (χ0) is 26.5. The molecule has 0 aromatic heterocycles. The molecule has 1 N–H and O–H groups in total. The smallest absolute Gasteiger partial charge is 0.416 e. The molecule has 36 heavy (non-hydrogen) atoms. The quantitative estimate of drug-likeness (QED) is 0.277. The standard InChI is InChI=1S/C27H26F4N2O3/c1-4-5-14-36-24-15-21(26(35)33(2)3)23(16-22(24)28)32-25(34)20-9-7-6-8-19(20)17-10-12-18(13-11-17)27(29,30)31/h6-13,15-16H,4-5,14H2,1-3H3,(H,32,34). The van der Waals surface area contributed by atoms with Crippen LogP contribution in [0.5, 0.6) is 5.75 Å². The van der Waals surface area contributed by atoms with Gasteiger partial charge in [0.05, 0.1) is 23.4 Å². The van der Waals surface area contributed by atoms with Gasteiger partial charge in [-0.2, -0.15) is 13.2 Å². The zero-order valence-electron chi connectivity index (χ0n) is 20.1. The molecule has 0 saturated heterocycles. The number of alkyl halides is 3. The number of halogens is 4. The van der Waals surface area contributed by atoms with Crippen molar-refractivity contribution in [2.75, 3.05) is 26.0 Å². The molecule has 3 aromatic rings. The van der Waals surface area contributed by atoms with Crippen molar-refractivity contribution in [3.8, 4) is 16.9 Å². The van der Waals surface area contributed by atoms with Gasteiger partial charge in [-0.25, -0.2) is 4.39 Å². The molecule has 9 heteroatoms. The Kier molecular flexibility index (Phi) is 8.34. The number of amides is 2. The van der Waals surface area contributed by atoms with Gasteiger partial charge < -0.3 is 15.0 Å². The van der Waals surface area contributed by atoms with Crippen molar-refractivity contribution >= 4 is 17.5 Å². The van der Waals surface area contributed by atoms with Crippen molar-refractivity contribution in [2.24, 2.45) is 0 Å². The molecule has 0 fully saturated rings. The van der Waals surface area contributed by atoms with Crippen molar-refractivity contribution in [3.63, 3.8) is 0 Å². The summed E-state index contributed by atoms with van der Waals surface area (Å²) in [5, 5.41) is 2.58. The summed E-state index contributed by atoms with van der Waals surface area (Å²) in [5.41, 5.74) is 0.0869. The Labute approximate surface area is 206 Å². The highest BCUT2D eigenvalue weighted by Gasteiger charge is 2.30. The van der Waals surface area contributed by atoms with Crippen LogP contribution in [0.15, 0.2) is 60.7 Å². The van der Waals surface area contributed by atoms with Crippen LogP contribution in [0.4, 0.5) is 23.2 Å². The Hall–Kier alpha value is -3.88. The lowest BCUT2D eigenvalue weighted by Gasteiger charge is -2.18. The predicted octanol–water partition coefficient (Wildman–Crippen LogP) is 6.64. The van der Waals surface area contributed by atoms with E-state index in [2.05, 4.69) is 5.32 Å². The fraction of sp³-hybridized carbons (Fsp3) is 0.259. The third kappa shape index (κ3) is 6.21. The molecule has 2 amide bonds. The average molecular weight is 503 g/mol. The molecule has 0 radical (unpaired) electrons. The first kappa shape index (κ1) is 26.7. The summed E-state index contributed by atoms with van der Waals surface area (Å²) < 4.78 is 59.1. The second kappa shape index (κ2) is 11.2. The number of rotatable bonds is 8. The molecular formula is C27H26F4N2O3. The Balaban J connectivity index is 1.97. The summed E-state index contributed by atoms with van der Waals surface area (Å²) >= 11 is 0. The number of carbonyl (C=O) groups is 2. The topological polar surface area (TPSA) is 58.6 Å². The lowest BCUT2D eigenvalue weighted by atomic mass is 9.98. The van der Waals surface area contributed by atoms with Gasteiger partial charge in [0.2, 0.25) is 0 Å². The molecule has 3 rings (SSSR count). The van der Waals surface area contributed by atoms with Gasteiger partial charge in [0.25, 0.3) is 11.8 Å². The first-order chi connectivity index (χ1) is 17.0. The van der Waals surface area contributed by atoms with E-state index in [1.807, 2.05) is 6.92 Å². The van der Waals surface area contributed by atoms with Crippen LogP contribution in [0, 0.1) is 5.82 Å². The lowest BCUT2D eigenvalue weighted by Crippen LogP contribution is -2.24. The predicted molar refractivity (Wildman–Crippen MR) is 130 cm³/mol. The highest BCUT2D eigenvalue weighted by molar-refractivity contribution is 6.11. The van der Waals surface area contributed by atoms with E-state index >= 15 is 0 Å². The van der Waals surface area contributed by atoms with Gasteiger partial charge in [-0.15, -0.1) is 0 Å². The van der Waals surface area contributed by atoms with Gasteiger partial charge in [-0.1, -0.05) is 43.7 Å². The van der Waals surface area contributed by atoms with E-state index in [9.17, 15) is 27.2 Å². The van der Waals surface area contributed by atoms with E-state index in [0.29, 0.717) is 17.5 Å². The fourth-order valence-electron chi connectivity index (χ4n) is 3.47. The summed E-state index contributed by atoms with van der Waals surface area (Å²) in [4.78, 5) is 27.3. The molecule has 0 aliphatic carbocycles. The van der Waals surface area contributed by atoms with Crippen LogP contribution in [-0.2, 0) is 6.18 Å². The summed E-state index contributed by atoms with van der Waals surface area (Å²) in [6.07, 6.45) is -2.94.